The SMILES string of the molecule is CCCn1nncc1C(NN)c1cc(Cl)cc(Br)c1. The Morgan fingerprint density at radius 2 is 2.26 bits per heavy atom. The van der Waals surface area contributed by atoms with E-state index in [4.69, 9.17) is 17.4 Å². The predicted molar refractivity (Wildman–Crippen MR) is 78.6 cm³/mol. The monoisotopic (exact) mass is 343 g/mol. The molecule has 1 unspecified atom stereocenters. The van der Waals surface area contributed by atoms with Crippen LogP contribution in [0.4, 0.5) is 0 Å². The lowest BCUT2D eigenvalue weighted by Gasteiger charge is -2.17. The molecule has 0 fully saturated rings. The topological polar surface area (TPSA) is 68.8 Å². The van der Waals surface area contributed by atoms with E-state index in [2.05, 4.69) is 38.6 Å². The molecular formula is C12H15BrClN5. The van der Waals surface area contributed by atoms with Crippen LogP contribution in [0.2, 0.25) is 5.02 Å². The summed E-state index contributed by atoms with van der Waals surface area (Å²) >= 11 is 9.51. The second-order valence-electron chi connectivity index (χ2n) is 4.18. The molecule has 1 atom stereocenters. The van der Waals surface area contributed by atoms with Gasteiger partial charge in [0.2, 0.25) is 0 Å². The van der Waals surface area contributed by atoms with Crippen LogP contribution in [0.1, 0.15) is 30.6 Å². The molecule has 0 aliphatic rings. The molecule has 0 saturated carbocycles. The molecule has 0 aliphatic heterocycles. The maximum absolute atomic E-state index is 6.08. The largest absolute Gasteiger partial charge is 0.271 e. The number of nitrogens with one attached hydrogen (secondary N) is 1. The first-order valence-corrected chi connectivity index (χ1v) is 7.13. The molecule has 1 aromatic heterocycles. The van der Waals surface area contributed by atoms with Gasteiger partial charge in [-0.05, 0) is 30.2 Å². The van der Waals surface area contributed by atoms with Crippen molar-refractivity contribution in [1.82, 2.24) is 20.4 Å². The number of hydrogen-bond donors (Lipinski definition) is 2. The summed E-state index contributed by atoms with van der Waals surface area (Å²) in [5.41, 5.74) is 4.67. The highest BCUT2D eigenvalue weighted by molar-refractivity contribution is 9.10. The van der Waals surface area contributed by atoms with Crippen LogP contribution in [0.15, 0.2) is 28.9 Å². The van der Waals surface area contributed by atoms with Crippen LogP contribution in [0, 0.1) is 0 Å². The molecule has 0 bridgehead atoms. The molecule has 102 valence electrons. The van der Waals surface area contributed by atoms with Crippen molar-refractivity contribution in [2.24, 2.45) is 5.84 Å². The Bertz CT molecular complexity index is 537. The van der Waals surface area contributed by atoms with Gasteiger partial charge in [0.05, 0.1) is 17.9 Å². The minimum absolute atomic E-state index is 0.198. The van der Waals surface area contributed by atoms with Crippen LogP contribution >= 0.6 is 27.5 Å². The molecule has 5 nitrogen and oxygen atoms in total. The highest BCUT2D eigenvalue weighted by Gasteiger charge is 2.18. The van der Waals surface area contributed by atoms with Gasteiger partial charge in [-0.1, -0.05) is 39.7 Å². The molecule has 3 N–H and O–H groups in total. The van der Waals surface area contributed by atoms with Gasteiger partial charge in [0.25, 0.3) is 0 Å². The summed E-state index contributed by atoms with van der Waals surface area (Å²) in [4.78, 5) is 0. The fourth-order valence-electron chi connectivity index (χ4n) is 1.97. The van der Waals surface area contributed by atoms with E-state index >= 15 is 0 Å². The minimum atomic E-state index is -0.198. The zero-order chi connectivity index (χ0) is 13.8. The summed E-state index contributed by atoms with van der Waals surface area (Å²) in [6, 6.07) is 5.48. The summed E-state index contributed by atoms with van der Waals surface area (Å²) in [5.74, 6) is 5.68. The average Bonchev–Trinajstić information content (AvgIpc) is 2.78. The molecule has 1 aromatic carbocycles. The molecule has 19 heavy (non-hydrogen) atoms. The quantitative estimate of drug-likeness (QED) is 0.646. The van der Waals surface area contributed by atoms with Gasteiger partial charge in [-0.25, -0.2) is 10.1 Å². The minimum Gasteiger partial charge on any atom is -0.271 e. The second kappa shape index (κ2) is 6.47. The molecule has 0 amide bonds. The van der Waals surface area contributed by atoms with E-state index in [1.165, 1.54) is 0 Å². The highest BCUT2D eigenvalue weighted by Crippen LogP contribution is 2.27. The normalized spacial score (nSPS) is 12.6. The third-order valence-corrected chi connectivity index (χ3v) is 3.44. The van der Waals surface area contributed by atoms with Gasteiger partial charge < -0.3 is 0 Å². The molecule has 0 spiro atoms. The van der Waals surface area contributed by atoms with E-state index in [1.807, 2.05) is 22.9 Å². The third kappa shape index (κ3) is 3.33. The summed E-state index contributed by atoms with van der Waals surface area (Å²) in [7, 11) is 0. The molecule has 7 heteroatoms. The standard InChI is InChI=1S/C12H15BrClN5/c1-2-3-19-11(7-16-18-19)12(17-15)8-4-9(13)6-10(14)5-8/h4-7,12,17H,2-3,15H2,1H3. The first kappa shape index (κ1) is 14.5. The number of aryl methyl sites for hydroxylation is 1. The van der Waals surface area contributed by atoms with Crippen LogP contribution in [0.5, 0.6) is 0 Å². The summed E-state index contributed by atoms with van der Waals surface area (Å²) in [5, 5.41) is 8.68. The summed E-state index contributed by atoms with van der Waals surface area (Å²) < 4.78 is 2.75. The third-order valence-electron chi connectivity index (χ3n) is 2.76. The Hall–Kier alpha value is -0.950. The zero-order valence-corrected chi connectivity index (χ0v) is 12.8. The maximum atomic E-state index is 6.08. The van der Waals surface area contributed by atoms with Crippen molar-refractivity contribution in [3.63, 3.8) is 0 Å². The van der Waals surface area contributed by atoms with Crippen molar-refractivity contribution in [3.8, 4) is 0 Å². The Kier molecular flexibility index (Phi) is 4.93. The van der Waals surface area contributed by atoms with Crippen LogP contribution in [0.25, 0.3) is 0 Å². The van der Waals surface area contributed by atoms with Crippen LogP contribution in [-0.2, 0) is 6.54 Å². The van der Waals surface area contributed by atoms with Gasteiger partial charge >= 0.3 is 0 Å². The zero-order valence-electron chi connectivity index (χ0n) is 10.5. The number of benzene rings is 1. The first-order chi connectivity index (χ1) is 9.15. The van der Waals surface area contributed by atoms with Crippen LogP contribution in [0.3, 0.4) is 0 Å². The van der Waals surface area contributed by atoms with E-state index in [-0.39, 0.29) is 6.04 Å². The molecule has 0 aliphatic carbocycles. The van der Waals surface area contributed by atoms with Crippen molar-refractivity contribution < 1.29 is 0 Å². The number of hydrazine groups is 1. The van der Waals surface area contributed by atoms with E-state index in [0.717, 1.165) is 28.7 Å². The van der Waals surface area contributed by atoms with Gasteiger partial charge in [-0.15, -0.1) is 5.10 Å². The van der Waals surface area contributed by atoms with Crippen molar-refractivity contribution >= 4 is 27.5 Å². The Morgan fingerprint density at radius 3 is 2.89 bits per heavy atom. The summed E-state index contributed by atoms with van der Waals surface area (Å²) in [6.45, 7) is 2.89. The van der Waals surface area contributed by atoms with Gasteiger partial charge in [0, 0.05) is 16.0 Å². The van der Waals surface area contributed by atoms with Gasteiger partial charge in [-0.2, -0.15) is 0 Å². The molecule has 1 heterocycles. The van der Waals surface area contributed by atoms with Gasteiger partial charge in [-0.3, -0.25) is 5.84 Å². The van der Waals surface area contributed by atoms with Crippen molar-refractivity contribution in [1.29, 1.82) is 0 Å². The number of halogens is 2. The molecule has 2 aromatic rings. The van der Waals surface area contributed by atoms with E-state index < -0.39 is 0 Å². The molecule has 0 radical (unpaired) electrons. The number of hydrogen-bond acceptors (Lipinski definition) is 4. The van der Waals surface area contributed by atoms with E-state index in [1.54, 1.807) is 6.20 Å². The molecular weight excluding hydrogens is 330 g/mol. The van der Waals surface area contributed by atoms with Gasteiger partial charge in [0.15, 0.2) is 0 Å². The lowest BCUT2D eigenvalue weighted by Crippen LogP contribution is -2.30. The smallest absolute Gasteiger partial charge is 0.0895 e. The van der Waals surface area contributed by atoms with E-state index in [9.17, 15) is 0 Å². The molecule has 0 saturated heterocycles. The number of nitrogens with two attached hydrogens (primary N) is 1. The number of nitrogens with zero attached hydrogens (tertiary/aromatic N) is 3. The lowest BCUT2D eigenvalue weighted by atomic mass is 10.0. The number of rotatable bonds is 5. The van der Waals surface area contributed by atoms with Crippen molar-refractivity contribution in [2.75, 3.05) is 0 Å². The predicted octanol–water partition coefficient (Wildman–Crippen LogP) is 2.66. The fraction of sp³-hybridized carbons (Fsp3) is 0.333. The van der Waals surface area contributed by atoms with E-state index in [0.29, 0.717) is 5.02 Å². The Labute approximate surface area is 125 Å². The van der Waals surface area contributed by atoms with Crippen LogP contribution in [-0.4, -0.2) is 15.0 Å². The fourth-order valence-corrected chi connectivity index (χ4v) is 2.86. The van der Waals surface area contributed by atoms with Crippen molar-refractivity contribution in [3.05, 3.63) is 45.1 Å². The Balaban J connectivity index is 2.40. The maximum Gasteiger partial charge on any atom is 0.0895 e. The highest BCUT2D eigenvalue weighted by atomic mass is 79.9. The number of aromatic nitrogens is 3. The summed E-state index contributed by atoms with van der Waals surface area (Å²) in [6.07, 6.45) is 2.70. The molecule has 2 rings (SSSR count). The lowest BCUT2D eigenvalue weighted by molar-refractivity contribution is 0.512. The second-order valence-corrected chi connectivity index (χ2v) is 5.54. The first-order valence-electron chi connectivity index (χ1n) is 5.96. The average molecular weight is 345 g/mol. The van der Waals surface area contributed by atoms with Crippen molar-refractivity contribution in [2.45, 2.75) is 25.9 Å². The van der Waals surface area contributed by atoms with Crippen LogP contribution < -0.4 is 11.3 Å². The Morgan fingerprint density at radius 1 is 1.47 bits per heavy atom. The van der Waals surface area contributed by atoms with Gasteiger partial charge in [0.1, 0.15) is 0 Å².